The van der Waals surface area contributed by atoms with E-state index in [1.165, 1.54) is 0 Å². The van der Waals surface area contributed by atoms with Crippen molar-refractivity contribution in [1.29, 1.82) is 0 Å². The Bertz CT molecular complexity index is 1650. The third kappa shape index (κ3) is 3.47. The van der Waals surface area contributed by atoms with E-state index < -0.39 is 0 Å². The van der Waals surface area contributed by atoms with Crippen LogP contribution in [0, 0.1) is 0 Å². The van der Waals surface area contributed by atoms with E-state index in [9.17, 15) is 4.79 Å². The Morgan fingerprint density at radius 2 is 1.15 bits per heavy atom. The minimum Gasteiger partial charge on any atom is -0.416 e. The van der Waals surface area contributed by atoms with Gasteiger partial charge in [0.1, 0.15) is 5.82 Å². The molecule has 0 saturated carbocycles. The molecule has 0 amide bonds. The van der Waals surface area contributed by atoms with Gasteiger partial charge in [0.2, 0.25) is 11.8 Å². The molecule has 6 nitrogen and oxygen atoms in total. The van der Waals surface area contributed by atoms with Crippen molar-refractivity contribution in [2.45, 2.75) is 0 Å². The fraction of sp³-hybridized carbons (Fsp3) is 0. The minimum absolute atomic E-state index is 0.124. The fourth-order valence-electron chi connectivity index (χ4n) is 3.94. The molecule has 0 bridgehead atoms. The summed E-state index contributed by atoms with van der Waals surface area (Å²) in [4.78, 5) is 18.3. The van der Waals surface area contributed by atoms with Crippen molar-refractivity contribution in [2.24, 2.45) is 0 Å². The quantitative estimate of drug-likeness (QED) is 0.347. The van der Waals surface area contributed by atoms with E-state index >= 15 is 0 Å². The molecule has 0 fully saturated rings. The number of nitrogens with zero attached hydrogens (tertiary/aromatic N) is 4. The molecule has 0 atom stereocenters. The zero-order valence-electron chi connectivity index (χ0n) is 18.0. The number of fused-ring (bicyclic) bond motifs is 1. The van der Waals surface area contributed by atoms with Crippen LogP contribution in [0.5, 0.6) is 0 Å². The number of benzene rings is 4. The van der Waals surface area contributed by atoms with E-state index in [0.717, 1.165) is 16.7 Å². The van der Waals surface area contributed by atoms with Crippen molar-refractivity contribution in [2.75, 3.05) is 0 Å². The second kappa shape index (κ2) is 8.26. The summed E-state index contributed by atoms with van der Waals surface area (Å²) in [6, 6.07) is 34.2. The first-order valence-electron chi connectivity index (χ1n) is 10.8. The summed E-state index contributed by atoms with van der Waals surface area (Å²) in [6.45, 7) is 0. The van der Waals surface area contributed by atoms with Crippen LogP contribution in [-0.4, -0.2) is 19.7 Å². The molecule has 2 heterocycles. The van der Waals surface area contributed by atoms with Gasteiger partial charge in [-0.3, -0.25) is 9.36 Å². The van der Waals surface area contributed by atoms with Crippen molar-refractivity contribution in [3.63, 3.8) is 0 Å². The van der Waals surface area contributed by atoms with Crippen LogP contribution in [0.1, 0.15) is 0 Å². The topological polar surface area (TPSA) is 73.8 Å². The Labute approximate surface area is 194 Å². The molecule has 34 heavy (non-hydrogen) atoms. The Balaban J connectivity index is 1.45. The van der Waals surface area contributed by atoms with Crippen LogP contribution < -0.4 is 5.56 Å². The van der Waals surface area contributed by atoms with Crippen LogP contribution in [-0.2, 0) is 0 Å². The lowest BCUT2D eigenvalue weighted by atomic mass is 10.1. The lowest BCUT2D eigenvalue weighted by molar-refractivity contribution is 0.584. The van der Waals surface area contributed by atoms with Crippen LogP contribution >= 0.6 is 0 Å². The van der Waals surface area contributed by atoms with Gasteiger partial charge in [0.05, 0.1) is 16.6 Å². The third-order valence-electron chi connectivity index (χ3n) is 5.63. The molecule has 6 rings (SSSR count). The molecule has 4 aromatic carbocycles. The molecule has 162 valence electrons. The van der Waals surface area contributed by atoms with Gasteiger partial charge < -0.3 is 4.42 Å². The van der Waals surface area contributed by atoms with Gasteiger partial charge in [0, 0.05) is 16.7 Å². The molecule has 0 N–H and O–H groups in total. The van der Waals surface area contributed by atoms with Gasteiger partial charge in [-0.2, -0.15) is 0 Å². The Morgan fingerprint density at radius 3 is 1.82 bits per heavy atom. The second-order valence-electron chi connectivity index (χ2n) is 7.78. The van der Waals surface area contributed by atoms with E-state index in [4.69, 9.17) is 9.40 Å². The number of para-hydroxylation sites is 1. The Morgan fingerprint density at radius 1 is 0.588 bits per heavy atom. The maximum atomic E-state index is 13.5. The van der Waals surface area contributed by atoms with E-state index in [0.29, 0.717) is 34.2 Å². The average molecular weight is 442 g/mol. The highest BCUT2D eigenvalue weighted by Crippen LogP contribution is 2.26. The standard InChI is InChI=1S/C28H18N4O2/c33-28-23-13-7-8-14-24(23)29-25(19-9-3-1-4-10-19)32(28)22-17-15-21(16-18-22)27-31-30-26(34-27)20-11-5-2-6-12-20/h1-18H. The van der Waals surface area contributed by atoms with Crippen molar-refractivity contribution in [3.05, 3.63) is 120 Å². The minimum atomic E-state index is -0.124. The summed E-state index contributed by atoms with van der Waals surface area (Å²) in [5, 5.41) is 8.92. The molecule has 6 heteroatoms. The van der Waals surface area contributed by atoms with Crippen LogP contribution in [0.4, 0.5) is 0 Å². The van der Waals surface area contributed by atoms with Crippen LogP contribution in [0.2, 0.25) is 0 Å². The molecule has 0 saturated heterocycles. The Hall–Kier alpha value is -4.84. The first-order chi connectivity index (χ1) is 16.8. The zero-order valence-corrected chi connectivity index (χ0v) is 18.0. The zero-order chi connectivity index (χ0) is 22.9. The molecule has 0 aliphatic heterocycles. The van der Waals surface area contributed by atoms with E-state index in [1.54, 1.807) is 10.6 Å². The maximum absolute atomic E-state index is 13.5. The molecule has 0 aliphatic carbocycles. The van der Waals surface area contributed by atoms with Crippen molar-refractivity contribution < 1.29 is 4.42 Å². The van der Waals surface area contributed by atoms with Gasteiger partial charge >= 0.3 is 0 Å². The van der Waals surface area contributed by atoms with E-state index in [-0.39, 0.29) is 5.56 Å². The Kier molecular flexibility index (Phi) is 4.81. The van der Waals surface area contributed by atoms with E-state index in [2.05, 4.69) is 10.2 Å². The third-order valence-corrected chi connectivity index (χ3v) is 5.63. The normalized spacial score (nSPS) is 11.1. The smallest absolute Gasteiger partial charge is 0.266 e. The van der Waals surface area contributed by atoms with Gasteiger partial charge in [-0.05, 0) is 48.5 Å². The lowest BCUT2D eigenvalue weighted by Gasteiger charge is -2.14. The number of hydrogen-bond acceptors (Lipinski definition) is 5. The summed E-state index contributed by atoms with van der Waals surface area (Å²) in [5.74, 6) is 1.46. The summed E-state index contributed by atoms with van der Waals surface area (Å²) >= 11 is 0. The molecule has 0 spiro atoms. The summed E-state index contributed by atoms with van der Waals surface area (Å²) in [5.41, 5.74) is 3.73. The highest BCUT2D eigenvalue weighted by molar-refractivity contribution is 5.80. The molecular formula is C28H18N4O2. The second-order valence-corrected chi connectivity index (χ2v) is 7.78. The maximum Gasteiger partial charge on any atom is 0.266 e. The molecule has 0 aliphatic rings. The van der Waals surface area contributed by atoms with Gasteiger partial charge in [0.15, 0.2) is 0 Å². The molecule has 0 unspecified atom stereocenters. The first kappa shape index (κ1) is 19.8. The van der Waals surface area contributed by atoms with Crippen LogP contribution in [0.25, 0.3) is 50.9 Å². The highest BCUT2D eigenvalue weighted by atomic mass is 16.4. The average Bonchev–Trinajstić information content (AvgIpc) is 3.40. The summed E-state index contributed by atoms with van der Waals surface area (Å²) < 4.78 is 7.52. The van der Waals surface area contributed by atoms with Crippen molar-refractivity contribution >= 4 is 10.9 Å². The van der Waals surface area contributed by atoms with Gasteiger partial charge in [0.25, 0.3) is 5.56 Å². The summed E-state index contributed by atoms with van der Waals surface area (Å²) in [6.07, 6.45) is 0. The predicted molar refractivity (Wildman–Crippen MR) is 132 cm³/mol. The number of rotatable bonds is 4. The highest BCUT2D eigenvalue weighted by Gasteiger charge is 2.15. The lowest BCUT2D eigenvalue weighted by Crippen LogP contribution is -2.21. The van der Waals surface area contributed by atoms with Crippen LogP contribution in [0.3, 0.4) is 0 Å². The number of aromatic nitrogens is 4. The molecule has 2 aromatic heterocycles. The van der Waals surface area contributed by atoms with Gasteiger partial charge in [-0.15, -0.1) is 10.2 Å². The van der Waals surface area contributed by atoms with Crippen molar-refractivity contribution in [3.8, 4) is 40.0 Å². The van der Waals surface area contributed by atoms with Crippen LogP contribution in [0.15, 0.2) is 118 Å². The number of hydrogen-bond donors (Lipinski definition) is 0. The molecule has 0 radical (unpaired) electrons. The van der Waals surface area contributed by atoms with E-state index in [1.807, 2.05) is 103 Å². The monoisotopic (exact) mass is 442 g/mol. The van der Waals surface area contributed by atoms with Crippen molar-refractivity contribution in [1.82, 2.24) is 19.7 Å². The molecular weight excluding hydrogens is 424 g/mol. The molecule has 6 aromatic rings. The SMILES string of the molecule is O=c1c2ccccc2nc(-c2ccccc2)n1-c1ccc(-c2nnc(-c3ccccc3)o2)cc1. The largest absolute Gasteiger partial charge is 0.416 e. The van der Waals surface area contributed by atoms with Gasteiger partial charge in [-0.1, -0.05) is 60.7 Å². The summed E-state index contributed by atoms with van der Waals surface area (Å²) in [7, 11) is 0. The fourth-order valence-corrected chi connectivity index (χ4v) is 3.94. The van der Waals surface area contributed by atoms with Gasteiger partial charge in [-0.25, -0.2) is 4.98 Å². The predicted octanol–water partition coefficient (Wildman–Crippen LogP) is 5.77. The first-order valence-corrected chi connectivity index (χ1v) is 10.8.